The van der Waals surface area contributed by atoms with E-state index in [4.69, 9.17) is 5.73 Å². The molecular formula is C19H25F3N4O2. The molecule has 0 aliphatic carbocycles. The molecule has 1 saturated heterocycles. The SMILES string of the molecule is CC.NC(=O)c1cnccn1.OC1(c2ccc(C(F)(F)F)cc2)CCNCC1. The van der Waals surface area contributed by atoms with E-state index in [1.807, 2.05) is 13.8 Å². The van der Waals surface area contributed by atoms with Gasteiger partial charge in [-0.3, -0.25) is 9.78 Å². The second-order valence-corrected chi connectivity index (χ2v) is 5.81. The second kappa shape index (κ2) is 10.7. The molecular weight excluding hydrogens is 373 g/mol. The van der Waals surface area contributed by atoms with Crippen LogP contribution in [-0.4, -0.2) is 34.1 Å². The summed E-state index contributed by atoms with van der Waals surface area (Å²) in [6.07, 6.45) is 0.945. The molecule has 1 fully saturated rings. The van der Waals surface area contributed by atoms with Crippen LogP contribution in [0.4, 0.5) is 13.2 Å². The predicted molar refractivity (Wildman–Crippen MR) is 99.3 cm³/mol. The molecule has 0 radical (unpaired) electrons. The van der Waals surface area contributed by atoms with Gasteiger partial charge in [-0.2, -0.15) is 13.2 Å². The summed E-state index contributed by atoms with van der Waals surface area (Å²) in [4.78, 5) is 17.6. The van der Waals surface area contributed by atoms with Gasteiger partial charge in [-0.05, 0) is 43.6 Å². The molecule has 1 aliphatic rings. The zero-order valence-corrected chi connectivity index (χ0v) is 15.8. The fourth-order valence-electron chi connectivity index (χ4n) is 2.52. The van der Waals surface area contributed by atoms with E-state index in [9.17, 15) is 23.1 Å². The molecule has 2 heterocycles. The first-order valence-corrected chi connectivity index (χ1v) is 8.89. The Hall–Kier alpha value is -2.52. The third kappa shape index (κ3) is 6.90. The molecule has 0 atom stereocenters. The molecule has 1 aromatic carbocycles. The van der Waals surface area contributed by atoms with Gasteiger partial charge in [0.2, 0.25) is 0 Å². The largest absolute Gasteiger partial charge is 0.416 e. The summed E-state index contributed by atoms with van der Waals surface area (Å²) >= 11 is 0. The summed E-state index contributed by atoms with van der Waals surface area (Å²) in [6.45, 7) is 5.36. The van der Waals surface area contributed by atoms with Gasteiger partial charge in [0.25, 0.3) is 5.91 Å². The maximum atomic E-state index is 12.4. The topological polar surface area (TPSA) is 101 Å². The van der Waals surface area contributed by atoms with Gasteiger partial charge in [0.15, 0.2) is 0 Å². The van der Waals surface area contributed by atoms with Crippen LogP contribution in [0.3, 0.4) is 0 Å². The fourth-order valence-corrected chi connectivity index (χ4v) is 2.52. The van der Waals surface area contributed by atoms with Crippen molar-refractivity contribution in [3.8, 4) is 0 Å². The third-order valence-electron chi connectivity index (χ3n) is 4.00. The first-order valence-electron chi connectivity index (χ1n) is 8.89. The summed E-state index contributed by atoms with van der Waals surface area (Å²) in [7, 11) is 0. The Balaban J connectivity index is 0.000000301. The third-order valence-corrected chi connectivity index (χ3v) is 4.00. The van der Waals surface area contributed by atoms with Gasteiger partial charge in [-0.15, -0.1) is 0 Å². The molecule has 28 heavy (non-hydrogen) atoms. The first kappa shape index (κ1) is 23.5. The molecule has 0 bridgehead atoms. The lowest BCUT2D eigenvalue weighted by atomic mass is 9.85. The van der Waals surface area contributed by atoms with Crippen LogP contribution in [0, 0.1) is 0 Å². The molecule has 0 saturated carbocycles. The van der Waals surface area contributed by atoms with Gasteiger partial charge in [0, 0.05) is 12.4 Å². The maximum Gasteiger partial charge on any atom is 0.416 e. The highest BCUT2D eigenvalue weighted by Crippen LogP contribution is 2.34. The van der Waals surface area contributed by atoms with Crippen LogP contribution in [0.1, 0.15) is 48.3 Å². The van der Waals surface area contributed by atoms with Crippen molar-refractivity contribution in [3.05, 3.63) is 59.7 Å². The number of rotatable bonds is 2. The molecule has 1 aromatic heterocycles. The van der Waals surface area contributed by atoms with Gasteiger partial charge in [0.1, 0.15) is 5.69 Å². The number of hydrogen-bond donors (Lipinski definition) is 3. The Kier molecular flexibility index (Phi) is 9.01. The number of benzene rings is 1. The fraction of sp³-hybridized carbons (Fsp3) is 0.421. The molecule has 3 rings (SSSR count). The zero-order chi connectivity index (χ0) is 21.2. The lowest BCUT2D eigenvalue weighted by molar-refractivity contribution is -0.137. The quantitative estimate of drug-likeness (QED) is 0.722. The number of halogens is 3. The molecule has 0 unspecified atom stereocenters. The summed E-state index contributed by atoms with van der Waals surface area (Å²) in [5.74, 6) is -0.553. The van der Waals surface area contributed by atoms with Crippen molar-refractivity contribution in [2.24, 2.45) is 5.73 Å². The Morgan fingerprint density at radius 1 is 1.14 bits per heavy atom. The number of hydrogen-bond acceptors (Lipinski definition) is 5. The van der Waals surface area contributed by atoms with Crippen molar-refractivity contribution in [1.82, 2.24) is 15.3 Å². The lowest BCUT2D eigenvalue weighted by Crippen LogP contribution is -2.39. The minimum absolute atomic E-state index is 0.192. The van der Waals surface area contributed by atoms with Crippen LogP contribution in [0.2, 0.25) is 0 Å². The minimum Gasteiger partial charge on any atom is -0.385 e. The highest BCUT2D eigenvalue weighted by Gasteiger charge is 2.33. The maximum absolute atomic E-state index is 12.4. The predicted octanol–water partition coefficient (Wildman–Crippen LogP) is 2.88. The molecule has 2 aromatic rings. The van der Waals surface area contributed by atoms with Crippen LogP contribution < -0.4 is 11.1 Å². The van der Waals surface area contributed by atoms with Crippen molar-refractivity contribution >= 4 is 5.91 Å². The highest BCUT2D eigenvalue weighted by molar-refractivity contribution is 5.90. The Morgan fingerprint density at radius 3 is 2.11 bits per heavy atom. The number of primary amides is 1. The van der Waals surface area contributed by atoms with Crippen LogP contribution in [0.25, 0.3) is 0 Å². The van der Waals surface area contributed by atoms with Crippen molar-refractivity contribution in [2.75, 3.05) is 13.1 Å². The molecule has 1 aliphatic heterocycles. The van der Waals surface area contributed by atoms with E-state index >= 15 is 0 Å². The second-order valence-electron chi connectivity index (χ2n) is 5.81. The van der Waals surface area contributed by atoms with Gasteiger partial charge >= 0.3 is 6.18 Å². The van der Waals surface area contributed by atoms with Gasteiger partial charge in [-0.25, -0.2) is 4.98 Å². The summed E-state index contributed by atoms with van der Waals surface area (Å²) in [5.41, 5.74) is 3.95. The standard InChI is InChI=1S/C12H14F3NO.C5H5N3O.C2H6/c13-12(14,15)10-3-1-9(2-4-10)11(17)5-7-16-8-6-11;6-5(9)4-3-7-1-2-8-4;1-2/h1-4,16-17H,5-8H2;1-3H,(H2,6,9);1-2H3. The molecule has 154 valence electrons. The van der Waals surface area contributed by atoms with Crippen molar-refractivity contribution < 1.29 is 23.1 Å². The Bertz CT molecular complexity index is 716. The van der Waals surface area contributed by atoms with Crippen molar-refractivity contribution in [2.45, 2.75) is 38.5 Å². The highest BCUT2D eigenvalue weighted by atomic mass is 19.4. The molecule has 0 spiro atoms. The van der Waals surface area contributed by atoms with E-state index < -0.39 is 23.2 Å². The summed E-state index contributed by atoms with van der Waals surface area (Å²) in [5, 5.41) is 13.4. The number of alkyl halides is 3. The summed E-state index contributed by atoms with van der Waals surface area (Å²) < 4.78 is 37.2. The van der Waals surface area contributed by atoms with Gasteiger partial charge in [0.05, 0.1) is 17.4 Å². The first-order chi connectivity index (χ1) is 13.2. The smallest absolute Gasteiger partial charge is 0.385 e. The van der Waals surface area contributed by atoms with E-state index in [1.54, 1.807) is 0 Å². The zero-order valence-electron chi connectivity index (χ0n) is 15.8. The number of aliphatic hydroxyl groups is 1. The number of nitrogens with one attached hydrogen (secondary N) is 1. The number of nitrogens with zero attached hydrogens (tertiary/aromatic N) is 2. The Morgan fingerprint density at radius 2 is 1.71 bits per heavy atom. The van der Waals surface area contributed by atoms with E-state index in [0.717, 1.165) is 12.1 Å². The number of carbonyl (C=O) groups is 1. The number of carbonyl (C=O) groups excluding carboxylic acids is 1. The molecule has 4 N–H and O–H groups in total. The van der Waals surface area contributed by atoms with Crippen molar-refractivity contribution in [3.63, 3.8) is 0 Å². The van der Waals surface area contributed by atoms with Crippen molar-refractivity contribution in [1.29, 1.82) is 0 Å². The average molecular weight is 398 g/mol. The average Bonchev–Trinajstić information content (AvgIpc) is 2.71. The van der Waals surface area contributed by atoms with E-state index in [1.165, 1.54) is 30.7 Å². The molecule has 6 nitrogen and oxygen atoms in total. The van der Waals surface area contributed by atoms with Gasteiger partial charge in [-0.1, -0.05) is 26.0 Å². The van der Waals surface area contributed by atoms with Crippen LogP contribution in [0.5, 0.6) is 0 Å². The normalized spacial score (nSPS) is 15.4. The van der Waals surface area contributed by atoms with Gasteiger partial charge < -0.3 is 16.2 Å². The summed E-state index contributed by atoms with van der Waals surface area (Å²) in [6, 6.07) is 4.78. The number of amides is 1. The number of piperidine rings is 1. The van der Waals surface area contributed by atoms with E-state index in [0.29, 0.717) is 31.5 Å². The monoisotopic (exact) mass is 398 g/mol. The Labute approximate surface area is 162 Å². The lowest BCUT2D eigenvalue weighted by Gasteiger charge is -2.33. The van der Waals surface area contributed by atoms with E-state index in [2.05, 4.69) is 15.3 Å². The number of aromatic nitrogens is 2. The number of nitrogens with two attached hydrogens (primary N) is 1. The van der Waals surface area contributed by atoms with Crippen LogP contribution in [-0.2, 0) is 11.8 Å². The van der Waals surface area contributed by atoms with Crippen LogP contribution in [0.15, 0.2) is 42.9 Å². The minimum atomic E-state index is -4.32. The van der Waals surface area contributed by atoms with Crippen LogP contribution >= 0.6 is 0 Å². The molecule has 9 heteroatoms. The van der Waals surface area contributed by atoms with E-state index in [-0.39, 0.29) is 5.69 Å². The molecule has 1 amide bonds.